The number of hydrogen-bond donors (Lipinski definition) is 1. The average molecular weight is 332 g/mol. The SMILES string of the molecule is COC(=O)S(CCC(=O)O)(C(=S)SC)c1ccccc1. The normalized spacial score (nSPS) is 14.9. The maximum Gasteiger partial charge on any atom is 0.358 e. The predicted octanol–water partition coefficient (Wildman–Crippen LogP) is 3.74. The second-order valence-corrected chi connectivity index (χ2v) is 8.91. The summed E-state index contributed by atoms with van der Waals surface area (Å²) < 4.78 is 5.43. The zero-order valence-electron chi connectivity index (χ0n) is 11.2. The molecule has 0 aliphatic carbocycles. The monoisotopic (exact) mass is 332 g/mol. The van der Waals surface area contributed by atoms with Crippen LogP contribution in [-0.2, 0) is 9.53 Å². The van der Waals surface area contributed by atoms with Gasteiger partial charge in [-0.2, -0.15) is 0 Å². The van der Waals surface area contributed by atoms with Crippen molar-refractivity contribution in [2.45, 2.75) is 11.3 Å². The Balaban J connectivity index is 3.37. The van der Waals surface area contributed by atoms with Crippen LogP contribution in [0, 0.1) is 0 Å². The van der Waals surface area contributed by atoms with E-state index in [1.807, 2.05) is 18.2 Å². The van der Waals surface area contributed by atoms with Crippen LogP contribution < -0.4 is 0 Å². The molecule has 0 heterocycles. The summed E-state index contributed by atoms with van der Waals surface area (Å²) in [6, 6.07) is 9.06. The lowest BCUT2D eigenvalue weighted by Gasteiger charge is -2.36. The van der Waals surface area contributed by atoms with Gasteiger partial charge in [0.1, 0.15) is 3.53 Å². The van der Waals surface area contributed by atoms with Crippen molar-refractivity contribution in [3.05, 3.63) is 30.3 Å². The smallest absolute Gasteiger partial charge is 0.358 e. The Kier molecular flexibility index (Phi) is 6.51. The highest BCUT2D eigenvalue weighted by molar-refractivity contribution is 8.69. The maximum atomic E-state index is 12.4. The van der Waals surface area contributed by atoms with Gasteiger partial charge < -0.3 is 9.84 Å². The third-order valence-electron chi connectivity index (χ3n) is 2.67. The second kappa shape index (κ2) is 7.66. The summed E-state index contributed by atoms with van der Waals surface area (Å²) in [6.07, 6.45) is 1.66. The topological polar surface area (TPSA) is 63.6 Å². The molecule has 0 bridgehead atoms. The number of carboxylic acids is 1. The first-order valence-electron chi connectivity index (χ1n) is 5.73. The zero-order valence-corrected chi connectivity index (χ0v) is 13.6. The number of carboxylic acid groups (broad SMARTS) is 1. The summed E-state index contributed by atoms with van der Waals surface area (Å²) in [6.45, 7) is 0. The number of methoxy groups -OCH3 is 1. The van der Waals surface area contributed by atoms with Crippen LogP contribution in [0.1, 0.15) is 6.42 Å². The summed E-state index contributed by atoms with van der Waals surface area (Å²) >= 11 is 6.67. The van der Waals surface area contributed by atoms with Gasteiger partial charge in [0.2, 0.25) is 0 Å². The molecule has 0 spiro atoms. The molecule has 0 aliphatic heterocycles. The fraction of sp³-hybridized carbons (Fsp3) is 0.308. The van der Waals surface area contributed by atoms with Crippen LogP contribution in [0.2, 0.25) is 0 Å². The first-order chi connectivity index (χ1) is 9.48. The molecule has 0 saturated carbocycles. The number of carbonyl (C=O) groups excluding carboxylic acids is 1. The number of carbonyl (C=O) groups is 2. The number of ether oxygens (including phenoxy) is 1. The van der Waals surface area contributed by atoms with E-state index >= 15 is 0 Å². The van der Waals surface area contributed by atoms with Crippen LogP contribution in [0.5, 0.6) is 0 Å². The van der Waals surface area contributed by atoms with Gasteiger partial charge in [-0.3, -0.25) is 4.79 Å². The van der Waals surface area contributed by atoms with E-state index in [0.29, 0.717) is 3.53 Å². The molecule has 0 saturated heterocycles. The van der Waals surface area contributed by atoms with Gasteiger partial charge in [0, 0.05) is 10.6 Å². The number of benzene rings is 1. The molecule has 0 aliphatic rings. The molecular formula is C13H16O4S3. The highest BCUT2D eigenvalue weighted by Gasteiger charge is 2.40. The highest BCUT2D eigenvalue weighted by Crippen LogP contribution is 2.61. The van der Waals surface area contributed by atoms with E-state index < -0.39 is 21.3 Å². The summed E-state index contributed by atoms with van der Waals surface area (Å²) in [7, 11) is -0.973. The molecule has 1 aromatic carbocycles. The van der Waals surface area contributed by atoms with Crippen molar-refractivity contribution in [2.24, 2.45) is 0 Å². The number of thioether (sulfide) groups is 1. The molecule has 0 amide bonds. The van der Waals surface area contributed by atoms with E-state index in [-0.39, 0.29) is 12.2 Å². The number of aliphatic carboxylic acids is 1. The molecule has 0 fully saturated rings. The van der Waals surface area contributed by atoms with Crippen molar-refractivity contribution in [2.75, 3.05) is 19.1 Å². The van der Waals surface area contributed by atoms with E-state index in [4.69, 9.17) is 22.1 Å². The second-order valence-electron chi connectivity index (χ2n) is 3.81. The minimum atomic E-state index is -2.28. The quantitative estimate of drug-likeness (QED) is 0.669. The molecule has 1 unspecified atom stereocenters. The van der Waals surface area contributed by atoms with Gasteiger partial charge in [-0.1, -0.05) is 40.4 Å². The fourth-order valence-corrected chi connectivity index (χ4v) is 6.82. The van der Waals surface area contributed by atoms with Crippen molar-refractivity contribution < 1.29 is 19.4 Å². The molecule has 110 valence electrons. The summed E-state index contributed by atoms with van der Waals surface area (Å²) in [5.41, 5.74) is 0. The largest absolute Gasteiger partial charge is 0.481 e. The van der Waals surface area contributed by atoms with Gasteiger partial charge in [0.15, 0.2) is 0 Å². The maximum absolute atomic E-state index is 12.4. The zero-order chi connectivity index (χ0) is 15.2. The van der Waals surface area contributed by atoms with Crippen molar-refractivity contribution >= 4 is 48.8 Å². The van der Waals surface area contributed by atoms with Crippen LogP contribution in [0.3, 0.4) is 0 Å². The lowest BCUT2D eigenvalue weighted by atomic mass is 10.4. The van der Waals surface area contributed by atoms with Gasteiger partial charge in [0.05, 0.1) is 13.5 Å². The molecule has 0 radical (unpaired) electrons. The Morgan fingerprint density at radius 2 is 1.95 bits per heavy atom. The predicted molar refractivity (Wildman–Crippen MR) is 87.9 cm³/mol. The van der Waals surface area contributed by atoms with Crippen molar-refractivity contribution in [3.8, 4) is 0 Å². The third kappa shape index (κ3) is 3.53. The van der Waals surface area contributed by atoms with Crippen LogP contribution in [0.4, 0.5) is 4.79 Å². The Labute approximate surface area is 129 Å². The molecule has 1 rings (SSSR count). The summed E-state index contributed by atoms with van der Waals surface area (Å²) in [5, 5.41) is 8.50. The van der Waals surface area contributed by atoms with E-state index in [9.17, 15) is 9.59 Å². The van der Waals surface area contributed by atoms with Gasteiger partial charge in [-0.15, -0.1) is 11.8 Å². The van der Waals surface area contributed by atoms with Crippen LogP contribution in [0.15, 0.2) is 35.2 Å². The molecular weight excluding hydrogens is 316 g/mol. The van der Waals surface area contributed by atoms with Crippen molar-refractivity contribution in [3.63, 3.8) is 0 Å². The molecule has 20 heavy (non-hydrogen) atoms. The van der Waals surface area contributed by atoms with Crippen molar-refractivity contribution in [1.29, 1.82) is 0 Å². The van der Waals surface area contributed by atoms with E-state index in [0.717, 1.165) is 4.90 Å². The number of rotatable bonds is 4. The molecule has 0 aromatic heterocycles. The molecule has 1 aromatic rings. The minimum absolute atomic E-state index is 0.125. The van der Waals surface area contributed by atoms with Crippen LogP contribution in [0.25, 0.3) is 0 Å². The van der Waals surface area contributed by atoms with Gasteiger partial charge in [0.25, 0.3) is 0 Å². The standard InChI is InChI=1S/C13H16O4S3/c1-17-12(16)20(13(18)19-2,9-8-11(14)15)10-6-4-3-5-7-10/h3-7H,8-9H2,1-2H3,(H,14,15). The first kappa shape index (κ1) is 17.0. The Morgan fingerprint density at radius 1 is 1.35 bits per heavy atom. The molecule has 1 atom stereocenters. The molecule has 4 nitrogen and oxygen atoms in total. The lowest BCUT2D eigenvalue weighted by Crippen LogP contribution is -2.23. The Bertz CT molecular complexity index is 486. The Morgan fingerprint density at radius 3 is 2.40 bits per heavy atom. The van der Waals surface area contributed by atoms with Gasteiger partial charge in [-0.25, -0.2) is 4.79 Å². The Hall–Kier alpha value is -1.05. The summed E-state index contributed by atoms with van der Waals surface area (Å²) in [5.74, 6) is -0.788. The number of thiocarbonyl (C=S) groups is 1. The molecule has 7 heteroatoms. The lowest BCUT2D eigenvalue weighted by molar-refractivity contribution is -0.136. The highest BCUT2D eigenvalue weighted by atomic mass is 32.3. The van der Waals surface area contributed by atoms with Crippen LogP contribution >= 0.6 is 34.0 Å². The van der Waals surface area contributed by atoms with Gasteiger partial charge in [-0.05, 0) is 18.4 Å². The summed E-state index contributed by atoms with van der Waals surface area (Å²) in [4.78, 5) is 24.0. The van der Waals surface area contributed by atoms with Crippen molar-refractivity contribution in [1.82, 2.24) is 0 Å². The minimum Gasteiger partial charge on any atom is -0.481 e. The van der Waals surface area contributed by atoms with E-state index in [1.165, 1.54) is 18.9 Å². The van der Waals surface area contributed by atoms with E-state index in [1.54, 1.807) is 18.4 Å². The first-order valence-corrected chi connectivity index (χ1v) is 9.16. The third-order valence-corrected chi connectivity index (χ3v) is 8.91. The fourth-order valence-electron chi connectivity index (χ4n) is 1.72. The molecule has 1 N–H and O–H groups in total. The number of hydrogen-bond acceptors (Lipinski definition) is 5. The van der Waals surface area contributed by atoms with E-state index in [2.05, 4.69) is 0 Å². The average Bonchev–Trinajstić information content (AvgIpc) is 2.47. The van der Waals surface area contributed by atoms with Crippen LogP contribution in [-0.4, -0.2) is 39.0 Å². The van der Waals surface area contributed by atoms with Gasteiger partial charge >= 0.3 is 11.3 Å².